The Morgan fingerprint density at radius 3 is 2.52 bits per heavy atom. The molecular formula is C22H24N4O. The highest BCUT2D eigenvalue weighted by molar-refractivity contribution is 5.94. The van der Waals surface area contributed by atoms with Gasteiger partial charge in [0.05, 0.1) is 6.54 Å². The minimum Gasteiger partial charge on any atom is -0.348 e. The van der Waals surface area contributed by atoms with E-state index < -0.39 is 0 Å². The number of carbonyl (C=O) groups is 1. The highest BCUT2D eigenvalue weighted by atomic mass is 16.1. The maximum Gasteiger partial charge on any atom is 0.251 e. The van der Waals surface area contributed by atoms with Crippen LogP contribution in [0.3, 0.4) is 0 Å². The lowest BCUT2D eigenvalue weighted by Crippen LogP contribution is -2.37. The average molecular weight is 360 g/mol. The van der Waals surface area contributed by atoms with Gasteiger partial charge in [0, 0.05) is 43.6 Å². The predicted molar refractivity (Wildman–Crippen MR) is 105 cm³/mol. The number of aromatic nitrogens is 2. The number of rotatable bonds is 6. The second-order valence-electron chi connectivity index (χ2n) is 7.08. The van der Waals surface area contributed by atoms with Gasteiger partial charge >= 0.3 is 0 Å². The van der Waals surface area contributed by atoms with Crippen molar-refractivity contribution in [2.75, 3.05) is 13.1 Å². The Morgan fingerprint density at radius 2 is 1.78 bits per heavy atom. The van der Waals surface area contributed by atoms with Crippen molar-refractivity contribution in [3.63, 3.8) is 0 Å². The molecule has 2 aromatic carbocycles. The van der Waals surface area contributed by atoms with Gasteiger partial charge in [-0.05, 0) is 35.7 Å². The first kappa shape index (κ1) is 17.5. The molecular weight excluding hydrogens is 336 g/mol. The molecule has 1 saturated heterocycles. The Balaban J connectivity index is 1.29. The molecule has 1 fully saturated rings. The summed E-state index contributed by atoms with van der Waals surface area (Å²) >= 11 is 0. The molecule has 1 amide bonds. The lowest BCUT2D eigenvalue weighted by molar-refractivity contribution is 0.0937. The molecule has 1 atom stereocenters. The topological polar surface area (TPSA) is 50.2 Å². The summed E-state index contributed by atoms with van der Waals surface area (Å²) in [6, 6.07) is 20.4. The largest absolute Gasteiger partial charge is 0.348 e. The third-order valence-corrected chi connectivity index (χ3v) is 4.98. The van der Waals surface area contributed by atoms with E-state index in [-0.39, 0.29) is 11.9 Å². The molecule has 0 radical (unpaired) electrons. The fourth-order valence-electron chi connectivity index (χ4n) is 3.55. The van der Waals surface area contributed by atoms with Crippen LogP contribution in [0.1, 0.15) is 27.9 Å². The first-order chi connectivity index (χ1) is 13.3. The van der Waals surface area contributed by atoms with Gasteiger partial charge in [-0.2, -0.15) is 5.10 Å². The summed E-state index contributed by atoms with van der Waals surface area (Å²) in [6.45, 7) is 3.57. The molecule has 0 saturated carbocycles. The van der Waals surface area contributed by atoms with Crippen molar-refractivity contribution in [1.29, 1.82) is 0 Å². The van der Waals surface area contributed by atoms with Crippen LogP contribution in [0.25, 0.3) is 0 Å². The standard InChI is InChI=1S/C22H24N4O/c27-22(20-9-7-19(8-10-20)16-26-13-4-12-23-26)24-21-11-14-25(17-21)15-18-5-2-1-3-6-18/h1-10,12-13,21H,11,14-17H2,(H,24,27). The zero-order valence-corrected chi connectivity index (χ0v) is 15.3. The van der Waals surface area contributed by atoms with Gasteiger partial charge in [-0.1, -0.05) is 42.5 Å². The maximum atomic E-state index is 12.5. The first-order valence-corrected chi connectivity index (χ1v) is 9.40. The second-order valence-corrected chi connectivity index (χ2v) is 7.08. The third kappa shape index (κ3) is 4.63. The fourth-order valence-corrected chi connectivity index (χ4v) is 3.55. The van der Waals surface area contributed by atoms with Crippen LogP contribution in [0.15, 0.2) is 73.1 Å². The van der Waals surface area contributed by atoms with Gasteiger partial charge < -0.3 is 5.32 Å². The highest BCUT2D eigenvalue weighted by Gasteiger charge is 2.24. The Labute approximate surface area is 159 Å². The molecule has 0 bridgehead atoms. The lowest BCUT2D eigenvalue weighted by atomic mass is 10.1. The molecule has 4 rings (SSSR count). The van der Waals surface area contributed by atoms with Crippen LogP contribution in [0.4, 0.5) is 0 Å². The molecule has 5 nitrogen and oxygen atoms in total. The van der Waals surface area contributed by atoms with E-state index in [0.717, 1.165) is 31.6 Å². The maximum absolute atomic E-state index is 12.5. The van der Waals surface area contributed by atoms with Crippen molar-refractivity contribution < 1.29 is 4.79 Å². The van der Waals surface area contributed by atoms with Crippen molar-refractivity contribution >= 4 is 5.91 Å². The summed E-state index contributed by atoms with van der Waals surface area (Å²) in [4.78, 5) is 14.9. The van der Waals surface area contributed by atoms with E-state index in [2.05, 4.69) is 39.6 Å². The van der Waals surface area contributed by atoms with Crippen molar-refractivity contribution in [3.05, 3.63) is 89.7 Å². The number of carbonyl (C=O) groups excluding carboxylic acids is 1. The van der Waals surface area contributed by atoms with E-state index in [1.807, 2.05) is 47.3 Å². The number of benzene rings is 2. The number of hydrogen-bond acceptors (Lipinski definition) is 3. The number of nitrogens with one attached hydrogen (secondary N) is 1. The van der Waals surface area contributed by atoms with Gasteiger partial charge in [0.25, 0.3) is 5.91 Å². The highest BCUT2D eigenvalue weighted by Crippen LogP contribution is 2.14. The van der Waals surface area contributed by atoms with E-state index in [1.54, 1.807) is 6.20 Å². The molecule has 1 aromatic heterocycles. The number of nitrogens with zero attached hydrogens (tertiary/aromatic N) is 3. The minimum absolute atomic E-state index is 0.00667. The Bertz CT molecular complexity index is 859. The molecule has 2 heterocycles. The Hall–Kier alpha value is -2.92. The summed E-state index contributed by atoms with van der Waals surface area (Å²) in [6.07, 6.45) is 4.70. The van der Waals surface area contributed by atoms with Crippen molar-refractivity contribution in [2.24, 2.45) is 0 Å². The molecule has 27 heavy (non-hydrogen) atoms. The predicted octanol–water partition coefficient (Wildman–Crippen LogP) is 2.94. The minimum atomic E-state index is 0.00667. The van der Waals surface area contributed by atoms with Gasteiger partial charge in [-0.25, -0.2) is 0 Å². The zero-order chi connectivity index (χ0) is 18.5. The van der Waals surface area contributed by atoms with Crippen LogP contribution in [0.2, 0.25) is 0 Å². The quantitative estimate of drug-likeness (QED) is 0.735. The number of hydrogen-bond donors (Lipinski definition) is 1. The number of likely N-dealkylation sites (tertiary alicyclic amines) is 1. The van der Waals surface area contributed by atoms with Crippen molar-refractivity contribution in [2.45, 2.75) is 25.6 Å². The van der Waals surface area contributed by atoms with Gasteiger partial charge in [0.2, 0.25) is 0 Å². The van der Waals surface area contributed by atoms with Gasteiger partial charge in [-0.3, -0.25) is 14.4 Å². The normalized spacial score (nSPS) is 17.1. The van der Waals surface area contributed by atoms with Crippen LogP contribution in [0, 0.1) is 0 Å². The first-order valence-electron chi connectivity index (χ1n) is 9.40. The molecule has 1 unspecified atom stereocenters. The summed E-state index contributed by atoms with van der Waals surface area (Å²) in [5, 5.41) is 7.39. The zero-order valence-electron chi connectivity index (χ0n) is 15.3. The van der Waals surface area contributed by atoms with E-state index in [1.165, 1.54) is 5.56 Å². The van der Waals surface area contributed by atoms with Gasteiger partial charge in [0.15, 0.2) is 0 Å². The summed E-state index contributed by atoms with van der Waals surface area (Å²) in [7, 11) is 0. The molecule has 138 valence electrons. The van der Waals surface area contributed by atoms with Crippen LogP contribution in [0.5, 0.6) is 0 Å². The Kier molecular flexibility index (Phi) is 5.30. The summed E-state index contributed by atoms with van der Waals surface area (Å²) in [5.74, 6) is 0.00667. The van der Waals surface area contributed by atoms with E-state index in [4.69, 9.17) is 0 Å². The monoisotopic (exact) mass is 360 g/mol. The van der Waals surface area contributed by atoms with Crippen molar-refractivity contribution in [3.8, 4) is 0 Å². The Morgan fingerprint density at radius 1 is 1.00 bits per heavy atom. The molecule has 0 aliphatic carbocycles. The van der Waals surface area contributed by atoms with Crippen LogP contribution in [-0.4, -0.2) is 39.7 Å². The van der Waals surface area contributed by atoms with Crippen LogP contribution in [-0.2, 0) is 13.1 Å². The summed E-state index contributed by atoms with van der Waals surface area (Å²) < 4.78 is 1.87. The lowest BCUT2D eigenvalue weighted by Gasteiger charge is -2.17. The van der Waals surface area contributed by atoms with Crippen LogP contribution >= 0.6 is 0 Å². The molecule has 1 N–H and O–H groups in total. The number of amides is 1. The second kappa shape index (κ2) is 8.18. The molecule has 1 aliphatic heterocycles. The third-order valence-electron chi connectivity index (χ3n) is 4.98. The SMILES string of the molecule is O=C(NC1CCN(Cc2ccccc2)C1)c1ccc(Cn2cccn2)cc1. The molecule has 1 aliphatic rings. The smallest absolute Gasteiger partial charge is 0.251 e. The molecule has 3 aromatic rings. The van der Waals surface area contributed by atoms with Crippen LogP contribution < -0.4 is 5.32 Å². The van der Waals surface area contributed by atoms with Gasteiger partial charge in [0.1, 0.15) is 0 Å². The van der Waals surface area contributed by atoms with E-state index >= 15 is 0 Å². The fraction of sp³-hybridized carbons (Fsp3) is 0.273. The van der Waals surface area contributed by atoms with Gasteiger partial charge in [-0.15, -0.1) is 0 Å². The van der Waals surface area contributed by atoms with Crippen molar-refractivity contribution in [1.82, 2.24) is 20.0 Å². The van der Waals surface area contributed by atoms with E-state index in [0.29, 0.717) is 12.1 Å². The average Bonchev–Trinajstić information content (AvgIpc) is 3.35. The molecule has 5 heteroatoms. The van der Waals surface area contributed by atoms with E-state index in [9.17, 15) is 4.79 Å². The summed E-state index contributed by atoms with van der Waals surface area (Å²) in [5.41, 5.74) is 3.16. The molecule has 0 spiro atoms.